The molecular weight excluding hydrogens is 399 g/mol. The average Bonchev–Trinajstić information content (AvgIpc) is 3.15. The number of rotatable bonds is 7. The second-order valence-corrected chi connectivity index (χ2v) is 8.17. The van der Waals surface area contributed by atoms with Gasteiger partial charge in [-0.2, -0.15) is 4.98 Å². The van der Waals surface area contributed by atoms with Crippen molar-refractivity contribution in [3.63, 3.8) is 0 Å². The number of hydrogen-bond acceptors (Lipinski definition) is 6. The Kier molecular flexibility index (Phi) is 5.92. The lowest BCUT2D eigenvalue weighted by Crippen LogP contribution is -2.47. The zero-order valence-corrected chi connectivity index (χ0v) is 16.6. The highest BCUT2D eigenvalue weighted by molar-refractivity contribution is 7.92. The van der Waals surface area contributed by atoms with E-state index in [0.717, 1.165) is 22.2 Å². The summed E-state index contributed by atoms with van der Waals surface area (Å²) in [7, 11) is -3.84. The van der Waals surface area contributed by atoms with Gasteiger partial charge in [0.15, 0.2) is 0 Å². The summed E-state index contributed by atoms with van der Waals surface area (Å²) >= 11 is 0. The summed E-state index contributed by atoms with van der Waals surface area (Å²) in [5, 5.41) is 6.42. The van der Waals surface area contributed by atoms with Crippen LogP contribution in [-0.2, 0) is 21.4 Å². The van der Waals surface area contributed by atoms with Crippen LogP contribution in [-0.4, -0.2) is 36.8 Å². The SMILES string of the molecule is C[C@@H](C(=O)NCc1nc(-c2ccccc2)no1)N(c1cccc(F)c1)S(C)(=O)=O. The van der Waals surface area contributed by atoms with Gasteiger partial charge < -0.3 is 9.84 Å². The fraction of sp³-hybridized carbons (Fsp3) is 0.211. The number of amides is 1. The number of hydrogen-bond donors (Lipinski definition) is 1. The van der Waals surface area contributed by atoms with Gasteiger partial charge in [-0.15, -0.1) is 0 Å². The topological polar surface area (TPSA) is 105 Å². The number of nitrogens with zero attached hydrogens (tertiary/aromatic N) is 3. The first-order valence-electron chi connectivity index (χ1n) is 8.66. The van der Waals surface area contributed by atoms with Crippen LogP contribution in [0.15, 0.2) is 59.1 Å². The van der Waals surface area contributed by atoms with Gasteiger partial charge in [0.2, 0.25) is 27.6 Å². The molecule has 29 heavy (non-hydrogen) atoms. The Labute approximate surface area is 167 Å². The summed E-state index contributed by atoms with van der Waals surface area (Å²) in [6.45, 7) is 1.33. The highest BCUT2D eigenvalue weighted by Gasteiger charge is 2.29. The first kappa shape index (κ1) is 20.5. The molecule has 0 bridgehead atoms. The third-order valence-electron chi connectivity index (χ3n) is 4.07. The number of carbonyl (C=O) groups excluding carboxylic acids is 1. The van der Waals surface area contributed by atoms with Crippen LogP contribution < -0.4 is 9.62 Å². The Morgan fingerprint density at radius 1 is 1.21 bits per heavy atom. The molecule has 0 saturated carbocycles. The smallest absolute Gasteiger partial charge is 0.246 e. The molecule has 1 heterocycles. The maximum atomic E-state index is 13.5. The molecule has 0 radical (unpaired) electrons. The van der Waals surface area contributed by atoms with E-state index in [1.807, 2.05) is 30.3 Å². The summed E-state index contributed by atoms with van der Waals surface area (Å²) in [6, 6.07) is 13.1. The number of sulfonamides is 1. The highest BCUT2D eigenvalue weighted by atomic mass is 32.2. The third-order valence-corrected chi connectivity index (χ3v) is 5.31. The molecule has 0 aliphatic rings. The average molecular weight is 418 g/mol. The van der Waals surface area contributed by atoms with Crippen molar-refractivity contribution in [2.24, 2.45) is 0 Å². The molecule has 1 amide bonds. The molecule has 0 aliphatic carbocycles. The molecule has 0 fully saturated rings. The first-order valence-corrected chi connectivity index (χ1v) is 10.5. The van der Waals surface area contributed by atoms with Gasteiger partial charge in [0.25, 0.3) is 0 Å². The van der Waals surface area contributed by atoms with E-state index in [9.17, 15) is 17.6 Å². The number of nitrogens with one attached hydrogen (secondary N) is 1. The molecule has 0 unspecified atom stereocenters. The van der Waals surface area contributed by atoms with Crippen LogP contribution >= 0.6 is 0 Å². The van der Waals surface area contributed by atoms with Crippen molar-refractivity contribution in [1.82, 2.24) is 15.5 Å². The van der Waals surface area contributed by atoms with Crippen LogP contribution in [0.2, 0.25) is 0 Å². The fourth-order valence-electron chi connectivity index (χ4n) is 2.76. The van der Waals surface area contributed by atoms with Crippen molar-refractivity contribution in [3.05, 3.63) is 66.3 Å². The normalized spacial score (nSPS) is 12.4. The first-order chi connectivity index (χ1) is 13.8. The minimum absolute atomic E-state index is 0.0549. The summed E-state index contributed by atoms with van der Waals surface area (Å²) in [6.07, 6.45) is 0.950. The zero-order valence-electron chi connectivity index (χ0n) is 15.7. The van der Waals surface area contributed by atoms with E-state index < -0.39 is 27.8 Å². The summed E-state index contributed by atoms with van der Waals surface area (Å²) in [4.78, 5) is 16.7. The van der Waals surface area contributed by atoms with Crippen molar-refractivity contribution >= 4 is 21.6 Å². The van der Waals surface area contributed by atoms with Crippen molar-refractivity contribution in [3.8, 4) is 11.4 Å². The van der Waals surface area contributed by atoms with Crippen LogP contribution in [0.25, 0.3) is 11.4 Å². The Morgan fingerprint density at radius 3 is 2.59 bits per heavy atom. The Balaban J connectivity index is 1.71. The number of aromatic nitrogens is 2. The van der Waals surface area contributed by atoms with Gasteiger partial charge in [0.1, 0.15) is 11.9 Å². The molecule has 8 nitrogen and oxygen atoms in total. The van der Waals surface area contributed by atoms with Crippen molar-refractivity contribution in [2.75, 3.05) is 10.6 Å². The lowest BCUT2D eigenvalue weighted by Gasteiger charge is -2.28. The molecule has 1 aromatic heterocycles. The Morgan fingerprint density at radius 2 is 1.93 bits per heavy atom. The molecule has 152 valence electrons. The maximum Gasteiger partial charge on any atom is 0.246 e. The standard InChI is InChI=1S/C19H19FN4O4S/c1-13(24(29(2,26)27)16-10-6-9-15(20)11-16)19(25)21-12-17-22-18(23-28-17)14-7-4-3-5-8-14/h3-11,13H,12H2,1-2H3,(H,21,25)/t13-/m0/s1. The molecule has 1 N–H and O–H groups in total. The van der Waals surface area contributed by atoms with Crippen LogP contribution in [0.1, 0.15) is 12.8 Å². The summed E-state index contributed by atoms with van der Waals surface area (Å²) in [5.74, 6) is -0.663. The van der Waals surface area contributed by atoms with Crippen LogP contribution in [0.5, 0.6) is 0 Å². The van der Waals surface area contributed by atoms with E-state index in [0.29, 0.717) is 5.82 Å². The molecule has 10 heteroatoms. The molecule has 3 aromatic rings. The minimum atomic E-state index is -3.84. The van der Waals surface area contributed by atoms with E-state index in [-0.39, 0.29) is 18.1 Å². The van der Waals surface area contributed by atoms with E-state index in [1.165, 1.54) is 25.1 Å². The molecular formula is C19H19FN4O4S. The number of anilines is 1. The van der Waals surface area contributed by atoms with Gasteiger partial charge in [0.05, 0.1) is 18.5 Å². The van der Waals surface area contributed by atoms with Gasteiger partial charge in [-0.25, -0.2) is 12.8 Å². The molecule has 1 atom stereocenters. The molecule has 0 saturated heterocycles. The van der Waals surface area contributed by atoms with Gasteiger partial charge in [-0.1, -0.05) is 41.6 Å². The number of carbonyl (C=O) groups is 1. The predicted octanol–water partition coefficient (Wildman–Crippen LogP) is 2.35. The molecule has 3 rings (SSSR count). The summed E-state index contributed by atoms with van der Waals surface area (Å²) < 4.78 is 43.9. The van der Waals surface area contributed by atoms with Gasteiger partial charge in [-0.05, 0) is 25.1 Å². The fourth-order valence-corrected chi connectivity index (χ4v) is 3.93. The van der Waals surface area contributed by atoms with Crippen LogP contribution in [0, 0.1) is 5.82 Å². The zero-order chi connectivity index (χ0) is 21.0. The van der Waals surface area contributed by atoms with E-state index in [1.54, 1.807) is 0 Å². The molecule has 0 aliphatic heterocycles. The van der Waals surface area contributed by atoms with Crippen molar-refractivity contribution in [1.29, 1.82) is 0 Å². The maximum absolute atomic E-state index is 13.5. The lowest BCUT2D eigenvalue weighted by molar-refractivity contribution is -0.122. The Bertz CT molecular complexity index is 1100. The van der Waals surface area contributed by atoms with Gasteiger partial charge >= 0.3 is 0 Å². The minimum Gasteiger partial charge on any atom is -0.345 e. The van der Waals surface area contributed by atoms with E-state index >= 15 is 0 Å². The third kappa shape index (κ3) is 4.96. The quantitative estimate of drug-likeness (QED) is 0.631. The molecule has 0 spiro atoms. The highest BCUT2D eigenvalue weighted by Crippen LogP contribution is 2.22. The second-order valence-electron chi connectivity index (χ2n) is 6.31. The van der Waals surface area contributed by atoms with Gasteiger partial charge in [-0.3, -0.25) is 9.10 Å². The Hall–Kier alpha value is -3.27. The van der Waals surface area contributed by atoms with E-state index in [2.05, 4.69) is 15.5 Å². The second kappa shape index (κ2) is 8.39. The van der Waals surface area contributed by atoms with Gasteiger partial charge in [0, 0.05) is 5.56 Å². The van der Waals surface area contributed by atoms with Crippen LogP contribution in [0.4, 0.5) is 10.1 Å². The largest absolute Gasteiger partial charge is 0.345 e. The molecule has 2 aromatic carbocycles. The monoisotopic (exact) mass is 418 g/mol. The summed E-state index contributed by atoms with van der Waals surface area (Å²) in [5.41, 5.74) is 0.816. The number of benzene rings is 2. The van der Waals surface area contributed by atoms with E-state index in [4.69, 9.17) is 4.52 Å². The van der Waals surface area contributed by atoms with Crippen molar-refractivity contribution in [2.45, 2.75) is 19.5 Å². The predicted molar refractivity (Wildman–Crippen MR) is 105 cm³/mol. The van der Waals surface area contributed by atoms with Crippen LogP contribution in [0.3, 0.4) is 0 Å². The number of halogens is 1. The lowest BCUT2D eigenvalue weighted by atomic mass is 10.2. The van der Waals surface area contributed by atoms with Crippen molar-refractivity contribution < 1.29 is 22.1 Å².